The number of Topliss-reactive ketones (excluding diaryl/α,β-unsaturated/α-hetero) is 2. The summed E-state index contributed by atoms with van der Waals surface area (Å²) in [5, 5.41) is 14.6. The van der Waals surface area contributed by atoms with Crippen LogP contribution in [0.25, 0.3) is 6.08 Å². The summed E-state index contributed by atoms with van der Waals surface area (Å²) < 4.78 is 5.40. The smallest absolute Gasteiger partial charge is 0.270 e. The predicted molar refractivity (Wildman–Crippen MR) is 159 cm³/mol. The number of nitro groups is 1. The average Bonchev–Trinajstić information content (AvgIpc) is 3.52. The van der Waals surface area contributed by atoms with E-state index in [1.165, 1.54) is 31.4 Å². The largest absolute Gasteiger partial charge is 0.497 e. The molecular formula is C34H25N3O6. The zero-order valence-corrected chi connectivity index (χ0v) is 23.0. The first kappa shape index (κ1) is 26.3. The molecule has 9 nitrogen and oxygen atoms in total. The average molecular weight is 572 g/mol. The lowest BCUT2D eigenvalue weighted by Gasteiger charge is -2.38. The summed E-state index contributed by atoms with van der Waals surface area (Å²) in [6.45, 7) is 0. The third kappa shape index (κ3) is 3.74. The van der Waals surface area contributed by atoms with Crippen molar-refractivity contribution in [1.82, 2.24) is 4.90 Å². The molecule has 1 amide bonds. The Bertz CT molecular complexity index is 1880. The van der Waals surface area contributed by atoms with E-state index in [9.17, 15) is 24.5 Å². The van der Waals surface area contributed by atoms with E-state index < -0.39 is 39.9 Å². The van der Waals surface area contributed by atoms with Crippen molar-refractivity contribution in [2.24, 2.45) is 5.92 Å². The molecule has 4 aromatic carbocycles. The first-order chi connectivity index (χ1) is 20.9. The topological polar surface area (TPSA) is 119 Å². The molecule has 1 spiro atoms. The van der Waals surface area contributed by atoms with Gasteiger partial charge in [-0.3, -0.25) is 24.5 Å². The van der Waals surface area contributed by atoms with Gasteiger partial charge in [0.25, 0.3) is 5.69 Å². The number of nitro benzene ring substituents is 1. The second-order valence-corrected chi connectivity index (χ2v) is 10.9. The van der Waals surface area contributed by atoms with Gasteiger partial charge in [-0.05, 0) is 41.0 Å². The van der Waals surface area contributed by atoms with E-state index >= 15 is 0 Å². The molecule has 1 N–H and O–H groups in total. The minimum Gasteiger partial charge on any atom is -0.497 e. The van der Waals surface area contributed by atoms with Crippen LogP contribution in [-0.4, -0.2) is 40.4 Å². The van der Waals surface area contributed by atoms with Crippen LogP contribution >= 0.6 is 0 Å². The van der Waals surface area contributed by atoms with Gasteiger partial charge >= 0.3 is 0 Å². The van der Waals surface area contributed by atoms with Crippen LogP contribution in [0.4, 0.5) is 11.4 Å². The summed E-state index contributed by atoms with van der Waals surface area (Å²) in [6.07, 6.45) is 3.63. The van der Waals surface area contributed by atoms with Gasteiger partial charge in [-0.25, -0.2) is 0 Å². The highest BCUT2D eigenvalue weighted by Crippen LogP contribution is 2.62. The molecule has 1 saturated heterocycles. The van der Waals surface area contributed by atoms with Crippen molar-refractivity contribution in [1.29, 1.82) is 0 Å². The molecule has 0 bridgehead atoms. The zero-order valence-electron chi connectivity index (χ0n) is 23.0. The van der Waals surface area contributed by atoms with Crippen LogP contribution in [0, 0.1) is 16.0 Å². The van der Waals surface area contributed by atoms with Crippen LogP contribution in [0.3, 0.4) is 0 Å². The molecule has 4 atom stereocenters. The lowest BCUT2D eigenvalue weighted by atomic mass is 9.62. The molecule has 0 aliphatic carbocycles. The third-order valence-corrected chi connectivity index (χ3v) is 8.82. The fraction of sp³-hybridized carbons (Fsp3) is 0.147. The molecule has 7 rings (SSSR count). The highest BCUT2D eigenvalue weighted by Gasteiger charge is 2.70. The number of amides is 1. The van der Waals surface area contributed by atoms with E-state index in [2.05, 4.69) is 5.32 Å². The van der Waals surface area contributed by atoms with Gasteiger partial charge in [-0.2, -0.15) is 0 Å². The number of anilines is 1. The van der Waals surface area contributed by atoms with Crippen molar-refractivity contribution in [3.63, 3.8) is 0 Å². The SMILES string of the molecule is COc1cccc(C(=O)[C@H]2[C@H](C(=O)c3cccc([N+](=O)[O-])c3)N3C=Cc4ccccc4[C@@H]3[C@]23C(=O)Nc2ccccc23)c1. The van der Waals surface area contributed by atoms with Crippen LogP contribution in [0.15, 0.2) is 103 Å². The number of hydrogen-bond acceptors (Lipinski definition) is 7. The first-order valence-electron chi connectivity index (χ1n) is 13.8. The molecule has 9 heteroatoms. The number of carbonyl (C=O) groups excluding carboxylic acids is 3. The number of hydrogen-bond donors (Lipinski definition) is 1. The Morgan fingerprint density at radius 2 is 1.63 bits per heavy atom. The number of benzene rings is 4. The second-order valence-electron chi connectivity index (χ2n) is 10.9. The van der Waals surface area contributed by atoms with Crippen molar-refractivity contribution in [2.75, 3.05) is 12.4 Å². The van der Waals surface area contributed by atoms with Gasteiger partial charge in [0.05, 0.1) is 24.0 Å². The monoisotopic (exact) mass is 571 g/mol. The van der Waals surface area contributed by atoms with E-state index in [1.54, 1.807) is 41.4 Å². The van der Waals surface area contributed by atoms with Gasteiger partial charge in [-0.15, -0.1) is 0 Å². The van der Waals surface area contributed by atoms with Crippen molar-refractivity contribution < 1.29 is 24.0 Å². The van der Waals surface area contributed by atoms with Gasteiger partial charge in [-0.1, -0.05) is 66.7 Å². The Labute approximate surface area is 246 Å². The highest BCUT2D eigenvalue weighted by atomic mass is 16.6. The lowest BCUT2D eigenvalue weighted by molar-refractivity contribution is -0.384. The minimum absolute atomic E-state index is 0.0809. The Morgan fingerprint density at radius 3 is 2.42 bits per heavy atom. The van der Waals surface area contributed by atoms with Crippen molar-refractivity contribution in [3.8, 4) is 5.75 Å². The summed E-state index contributed by atoms with van der Waals surface area (Å²) in [4.78, 5) is 56.8. The van der Waals surface area contributed by atoms with E-state index in [4.69, 9.17) is 4.74 Å². The van der Waals surface area contributed by atoms with E-state index in [0.29, 0.717) is 17.0 Å². The van der Waals surface area contributed by atoms with Crippen LogP contribution in [0.1, 0.15) is 43.4 Å². The molecular weight excluding hydrogens is 546 g/mol. The van der Waals surface area contributed by atoms with Crippen LogP contribution in [0.2, 0.25) is 0 Å². The number of fused-ring (bicyclic) bond motifs is 6. The maximum Gasteiger partial charge on any atom is 0.270 e. The molecule has 0 aromatic heterocycles. The van der Waals surface area contributed by atoms with Gasteiger partial charge in [0, 0.05) is 35.1 Å². The number of nitrogens with one attached hydrogen (secondary N) is 1. The molecule has 0 radical (unpaired) electrons. The third-order valence-electron chi connectivity index (χ3n) is 8.82. The van der Waals surface area contributed by atoms with Gasteiger partial charge in [0.1, 0.15) is 17.2 Å². The Kier molecular flexibility index (Phi) is 5.98. The number of ether oxygens (including phenoxy) is 1. The van der Waals surface area contributed by atoms with E-state index in [0.717, 1.165) is 11.1 Å². The minimum atomic E-state index is -1.50. The molecule has 212 valence electrons. The van der Waals surface area contributed by atoms with E-state index in [-0.39, 0.29) is 22.7 Å². The quantitative estimate of drug-likeness (QED) is 0.182. The molecule has 3 aliphatic rings. The number of ketones is 2. The highest BCUT2D eigenvalue weighted by molar-refractivity contribution is 6.16. The lowest BCUT2D eigenvalue weighted by Crippen LogP contribution is -2.49. The number of non-ortho nitro benzene ring substituents is 1. The molecule has 3 heterocycles. The van der Waals surface area contributed by atoms with Crippen LogP contribution < -0.4 is 10.1 Å². The summed E-state index contributed by atoms with van der Waals surface area (Å²) in [5.74, 6) is -2.03. The standard InChI is InChI=1S/C34H25N3O6/c1-43-24-12-7-10-22(19-24)30(38)28-29(31(39)21-9-6-11-23(18-21)37(41)42)36-17-16-20-8-2-3-13-25(20)32(36)34(28)26-14-4-5-15-27(26)35-33(34)40/h2-19,28-29,32H,1H3,(H,35,40)/t28-,29-,32-,34-/m1/s1. The number of rotatable bonds is 6. The number of nitrogens with zero attached hydrogens (tertiary/aromatic N) is 2. The zero-order chi connectivity index (χ0) is 29.9. The van der Waals surface area contributed by atoms with Crippen molar-refractivity contribution in [2.45, 2.75) is 17.5 Å². The molecule has 0 saturated carbocycles. The summed E-state index contributed by atoms with van der Waals surface area (Å²) in [6, 6.07) is 25.1. The summed E-state index contributed by atoms with van der Waals surface area (Å²) >= 11 is 0. The maximum absolute atomic E-state index is 14.9. The first-order valence-corrected chi connectivity index (χ1v) is 13.8. The van der Waals surface area contributed by atoms with Crippen molar-refractivity contribution >= 4 is 34.9 Å². The Morgan fingerprint density at radius 1 is 0.907 bits per heavy atom. The second kappa shape index (κ2) is 9.77. The fourth-order valence-corrected chi connectivity index (χ4v) is 7.07. The normalized spacial score (nSPS) is 22.9. The summed E-state index contributed by atoms with van der Waals surface area (Å²) in [5.41, 5.74) is 1.49. The Balaban J connectivity index is 1.53. The molecule has 1 fully saturated rings. The molecule has 4 aromatic rings. The number of methoxy groups -OCH3 is 1. The van der Waals surface area contributed by atoms with Crippen molar-refractivity contribution in [3.05, 3.63) is 141 Å². The van der Waals surface area contributed by atoms with Gasteiger partial charge in [0.2, 0.25) is 5.91 Å². The number of para-hydroxylation sites is 1. The molecule has 43 heavy (non-hydrogen) atoms. The molecule has 0 unspecified atom stereocenters. The van der Waals surface area contributed by atoms with Crippen LogP contribution in [-0.2, 0) is 10.2 Å². The van der Waals surface area contributed by atoms with Gasteiger partial charge < -0.3 is 15.0 Å². The molecule has 3 aliphatic heterocycles. The van der Waals surface area contributed by atoms with Crippen LogP contribution in [0.5, 0.6) is 5.75 Å². The van der Waals surface area contributed by atoms with Gasteiger partial charge in [0.15, 0.2) is 11.6 Å². The maximum atomic E-state index is 14.9. The number of carbonyl (C=O) groups is 3. The van der Waals surface area contributed by atoms with E-state index in [1.807, 2.05) is 48.5 Å². The fourth-order valence-electron chi connectivity index (χ4n) is 7.07. The Hall–Kier alpha value is -5.57. The summed E-state index contributed by atoms with van der Waals surface area (Å²) in [7, 11) is 1.50. The predicted octanol–water partition coefficient (Wildman–Crippen LogP) is 5.59.